The van der Waals surface area contributed by atoms with Crippen molar-refractivity contribution in [3.63, 3.8) is 0 Å². The van der Waals surface area contributed by atoms with Crippen LogP contribution < -0.4 is 10.9 Å². The number of imide groups is 1. The van der Waals surface area contributed by atoms with Gasteiger partial charge in [-0.2, -0.15) is 0 Å². The zero-order valence-electron chi connectivity index (χ0n) is 17.0. The van der Waals surface area contributed by atoms with Crippen molar-refractivity contribution < 1.29 is 18.4 Å². The van der Waals surface area contributed by atoms with Crippen LogP contribution in [0.4, 0.5) is 9.18 Å². The van der Waals surface area contributed by atoms with Gasteiger partial charge >= 0.3 is 11.7 Å². The van der Waals surface area contributed by atoms with Crippen molar-refractivity contribution in [2.24, 2.45) is 0 Å². The number of fused-ring (bicyclic) bond motifs is 2. The van der Waals surface area contributed by atoms with Crippen molar-refractivity contribution in [2.75, 3.05) is 0 Å². The number of nitrogens with zero attached hydrogens (tertiary/aromatic N) is 1. The molecule has 1 saturated heterocycles. The van der Waals surface area contributed by atoms with Crippen molar-refractivity contribution in [2.45, 2.75) is 44.7 Å². The summed E-state index contributed by atoms with van der Waals surface area (Å²) >= 11 is 0. The van der Waals surface area contributed by atoms with Crippen LogP contribution in [-0.4, -0.2) is 16.8 Å². The number of aryl methyl sites for hydroxylation is 2. The zero-order valence-corrected chi connectivity index (χ0v) is 17.0. The summed E-state index contributed by atoms with van der Waals surface area (Å²) in [7, 11) is 0. The van der Waals surface area contributed by atoms with Crippen molar-refractivity contribution in [1.82, 2.24) is 10.2 Å². The highest BCUT2D eigenvalue weighted by Gasteiger charge is 2.51. The van der Waals surface area contributed by atoms with Crippen LogP contribution >= 0.6 is 0 Å². The molecule has 1 N–H and O–H groups in total. The van der Waals surface area contributed by atoms with E-state index in [4.69, 9.17) is 4.42 Å². The molecule has 5 rings (SSSR count). The SMILES string of the molecule is CC[C@@]1(c2ccc(F)cc2)NC(=O)N(Cc2cc(=O)oc3cc4c(cc23)CCC4)C1=O. The predicted molar refractivity (Wildman–Crippen MR) is 112 cm³/mol. The molecule has 3 aromatic rings. The first-order valence-corrected chi connectivity index (χ1v) is 10.4. The molecule has 1 atom stereocenters. The summed E-state index contributed by atoms with van der Waals surface area (Å²) in [6.07, 6.45) is 3.26. The summed E-state index contributed by atoms with van der Waals surface area (Å²) in [5, 5.41) is 3.52. The van der Waals surface area contributed by atoms with Crippen molar-refractivity contribution in [3.8, 4) is 0 Å². The minimum atomic E-state index is -1.26. The second kappa shape index (κ2) is 7.04. The summed E-state index contributed by atoms with van der Waals surface area (Å²) in [6.45, 7) is 1.75. The molecule has 2 aliphatic rings. The molecule has 0 unspecified atom stereocenters. The highest BCUT2D eigenvalue weighted by atomic mass is 19.1. The summed E-state index contributed by atoms with van der Waals surface area (Å²) in [5.74, 6) is -0.840. The maximum atomic E-state index is 13.4. The Bertz CT molecular complexity index is 1280. The maximum Gasteiger partial charge on any atom is 0.336 e. The lowest BCUT2D eigenvalue weighted by Crippen LogP contribution is -2.43. The fourth-order valence-electron chi connectivity index (χ4n) is 4.74. The molecule has 7 heteroatoms. The molecule has 0 saturated carbocycles. The Labute approximate surface area is 177 Å². The number of amides is 3. The number of hydrogen-bond donors (Lipinski definition) is 1. The Morgan fingerprint density at radius 2 is 1.77 bits per heavy atom. The molecule has 6 nitrogen and oxygen atoms in total. The van der Waals surface area contributed by atoms with Crippen molar-refractivity contribution in [3.05, 3.63) is 81.0 Å². The van der Waals surface area contributed by atoms with Crippen LogP contribution in [0.1, 0.15) is 42.0 Å². The average Bonchev–Trinajstić information content (AvgIpc) is 3.30. The first kappa shape index (κ1) is 19.5. The van der Waals surface area contributed by atoms with E-state index in [1.807, 2.05) is 12.1 Å². The van der Waals surface area contributed by atoms with Crippen LogP contribution in [-0.2, 0) is 29.7 Å². The molecule has 0 spiro atoms. The average molecular weight is 420 g/mol. The highest BCUT2D eigenvalue weighted by molar-refractivity contribution is 6.07. The van der Waals surface area contributed by atoms with Gasteiger partial charge in [-0.1, -0.05) is 19.1 Å². The van der Waals surface area contributed by atoms with Gasteiger partial charge in [-0.15, -0.1) is 0 Å². The summed E-state index contributed by atoms with van der Waals surface area (Å²) in [4.78, 5) is 39.5. The van der Waals surface area contributed by atoms with Crippen LogP contribution in [0.2, 0.25) is 0 Å². The van der Waals surface area contributed by atoms with E-state index in [1.54, 1.807) is 6.92 Å². The number of halogens is 1. The topological polar surface area (TPSA) is 79.6 Å². The van der Waals surface area contributed by atoms with E-state index in [9.17, 15) is 18.8 Å². The van der Waals surface area contributed by atoms with Crippen LogP contribution in [0, 0.1) is 5.82 Å². The number of benzene rings is 2. The first-order chi connectivity index (χ1) is 14.9. The van der Waals surface area contributed by atoms with E-state index in [0.29, 0.717) is 23.1 Å². The zero-order chi connectivity index (χ0) is 21.8. The molecule has 0 bridgehead atoms. The third-order valence-corrected chi connectivity index (χ3v) is 6.41. The van der Waals surface area contributed by atoms with E-state index in [-0.39, 0.29) is 6.54 Å². The second-order valence-electron chi connectivity index (χ2n) is 8.15. The normalized spacial score (nSPS) is 20.4. The molecule has 1 fully saturated rings. The van der Waals surface area contributed by atoms with Gasteiger partial charge in [0.2, 0.25) is 0 Å². The third-order valence-electron chi connectivity index (χ3n) is 6.41. The number of rotatable bonds is 4. The molecular weight excluding hydrogens is 399 g/mol. The van der Waals surface area contributed by atoms with Crippen LogP contribution in [0.3, 0.4) is 0 Å². The molecule has 3 amide bonds. The Hall–Kier alpha value is -3.48. The van der Waals surface area contributed by atoms with Crippen LogP contribution in [0.5, 0.6) is 0 Å². The van der Waals surface area contributed by atoms with Crippen LogP contribution in [0.15, 0.2) is 51.7 Å². The molecular formula is C24H21FN2O4. The Morgan fingerprint density at radius 1 is 1.06 bits per heavy atom. The Kier molecular flexibility index (Phi) is 4.43. The van der Waals surface area contributed by atoms with E-state index in [2.05, 4.69) is 5.32 Å². The Balaban J connectivity index is 1.55. The van der Waals surface area contributed by atoms with E-state index in [1.165, 1.54) is 41.5 Å². The van der Waals surface area contributed by atoms with E-state index >= 15 is 0 Å². The summed E-state index contributed by atoms with van der Waals surface area (Å²) < 4.78 is 18.8. The van der Waals surface area contributed by atoms with Gasteiger partial charge in [0.25, 0.3) is 5.91 Å². The number of carbonyl (C=O) groups excluding carboxylic acids is 2. The smallest absolute Gasteiger partial charge is 0.336 e. The lowest BCUT2D eigenvalue weighted by molar-refractivity contribution is -0.132. The number of hydrogen-bond acceptors (Lipinski definition) is 4. The van der Waals surface area contributed by atoms with Crippen molar-refractivity contribution >= 4 is 22.9 Å². The lowest BCUT2D eigenvalue weighted by Gasteiger charge is -2.26. The number of carbonyl (C=O) groups is 2. The van der Waals surface area contributed by atoms with Gasteiger partial charge in [0, 0.05) is 11.5 Å². The third kappa shape index (κ3) is 3.03. The largest absolute Gasteiger partial charge is 0.423 e. The summed E-state index contributed by atoms with van der Waals surface area (Å²) in [6, 6.07) is 10.3. The fraction of sp³-hybridized carbons (Fsp3) is 0.292. The monoisotopic (exact) mass is 420 g/mol. The predicted octanol–water partition coefficient (Wildman–Crippen LogP) is 3.78. The molecule has 0 radical (unpaired) electrons. The highest BCUT2D eigenvalue weighted by Crippen LogP contribution is 2.34. The molecule has 2 aromatic carbocycles. The van der Waals surface area contributed by atoms with E-state index < -0.39 is 28.9 Å². The van der Waals surface area contributed by atoms with Gasteiger partial charge in [0.15, 0.2) is 0 Å². The fourth-order valence-corrected chi connectivity index (χ4v) is 4.74. The molecule has 31 heavy (non-hydrogen) atoms. The number of nitrogens with one attached hydrogen (secondary N) is 1. The van der Waals surface area contributed by atoms with Gasteiger partial charge < -0.3 is 9.73 Å². The standard InChI is InChI=1S/C24H21FN2O4/c1-2-24(17-6-8-18(25)9-7-17)22(29)27(23(30)26-24)13-16-12-21(28)31-20-11-15-5-3-4-14(15)10-19(16)20/h6-12H,2-5,13H2,1H3,(H,26,30)/t24-/m0/s1. The van der Waals surface area contributed by atoms with Gasteiger partial charge in [-0.05, 0) is 72.2 Å². The Morgan fingerprint density at radius 3 is 2.48 bits per heavy atom. The number of urea groups is 1. The van der Waals surface area contributed by atoms with E-state index in [0.717, 1.165) is 29.5 Å². The van der Waals surface area contributed by atoms with Gasteiger partial charge in [0.1, 0.15) is 16.9 Å². The summed E-state index contributed by atoms with van der Waals surface area (Å²) in [5.41, 5.74) is 2.14. The quantitative estimate of drug-likeness (QED) is 0.515. The minimum absolute atomic E-state index is 0.0471. The minimum Gasteiger partial charge on any atom is -0.423 e. The first-order valence-electron chi connectivity index (χ1n) is 10.4. The maximum absolute atomic E-state index is 13.4. The molecule has 1 aromatic heterocycles. The molecule has 1 aliphatic carbocycles. The molecule has 2 heterocycles. The van der Waals surface area contributed by atoms with Gasteiger partial charge in [-0.3, -0.25) is 9.69 Å². The second-order valence-corrected chi connectivity index (χ2v) is 8.15. The van der Waals surface area contributed by atoms with Gasteiger partial charge in [-0.25, -0.2) is 14.0 Å². The van der Waals surface area contributed by atoms with Gasteiger partial charge in [0.05, 0.1) is 6.54 Å². The molecule has 158 valence electrons. The molecule has 1 aliphatic heterocycles. The van der Waals surface area contributed by atoms with Crippen LogP contribution in [0.25, 0.3) is 11.0 Å². The lowest BCUT2D eigenvalue weighted by atomic mass is 9.87. The van der Waals surface area contributed by atoms with Crippen molar-refractivity contribution in [1.29, 1.82) is 0 Å².